The number of aliphatic carboxylic acids is 1. The number of ether oxygens (including phenoxy) is 3. The van der Waals surface area contributed by atoms with Crippen molar-refractivity contribution in [3.63, 3.8) is 0 Å². The Hall–Kier alpha value is -3.17. The van der Waals surface area contributed by atoms with Crippen LogP contribution in [0.2, 0.25) is 0 Å². The van der Waals surface area contributed by atoms with Gasteiger partial charge >= 0.3 is 12.0 Å². The summed E-state index contributed by atoms with van der Waals surface area (Å²) in [5.41, 5.74) is 2.21. The number of hydrogen-bond donors (Lipinski definition) is 1. The third-order valence-corrected chi connectivity index (χ3v) is 9.19. The molecule has 2 aliphatic heterocycles. The van der Waals surface area contributed by atoms with Crippen LogP contribution in [0.4, 0.5) is 4.79 Å². The molecule has 0 unspecified atom stereocenters. The number of carbonyl (C=O) groups is 2. The summed E-state index contributed by atoms with van der Waals surface area (Å²) in [6.07, 6.45) is 8.69. The van der Waals surface area contributed by atoms with Crippen LogP contribution in [0.15, 0.2) is 60.7 Å². The van der Waals surface area contributed by atoms with Gasteiger partial charge in [0.1, 0.15) is 11.5 Å². The van der Waals surface area contributed by atoms with Gasteiger partial charge in [0, 0.05) is 37.1 Å². The number of unbranched alkanes of at least 4 members (excludes halogenated alkanes) is 2. The number of allylic oxidation sites excluding steroid dienone is 1. The summed E-state index contributed by atoms with van der Waals surface area (Å²) >= 11 is 2.00. The maximum absolute atomic E-state index is 13.8. The maximum atomic E-state index is 13.8. The van der Waals surface area contributed by atoms with E-state index < -0.39 is 5.97 Å². The number of urea groups is 1. The normalized spacial score (nSPS) is 20.1. The first-order chi connectivity index (χ1) is 20.0. The smallest absolute Gasteiger partial charge is 0.321 e. The van der Waals surface area contributed by atoms with Crippen molar-refractivity contribution < 1.29 is 28.9 Å². The highest BCUT2D eigenvalue weighted by Gasteiger charge is 2.52. The zero-order valence-electron chi connectivity index (χ0n) is 24.1. The zero-order valence-corrected chi connectivity index (χ0v) is 24.9. The molecule has 1 N–H and O–H groups in total. The Balaban J connectivity index is 1.32. The number of methoxy groups -OCH3 is 2. The molecule has 0 bridgehead atoms. The van der Waals surface area contributed by atoms with Gasteiger partial charge in [-0.1, -0.05) is 49.3 Å². The number of amides is 2. The predicted octanol–water partition coefficient (Wildman–Crippen LogP) is 5.99. The van der Waals surface area contributed by atoms with E-state index in [0.29, 0.717) is 38.0 Å². The molecule has 4 rings (SSSR count). The van der Waals surface area contributed by atoms with Crippen LogP contribution in [-0.2, 0) is 22.6 Å². The van der Waals surface area contributed by atoms with Crippen molar-refractivity contribution in [1.82, 2.24) is 9.80 Å². The number of thioether (sulfide) groups is 1. The largest absolute Gasteiger partial charge is 0.497 e. The number of nitrogens with zero attached hydrogens (tertiary/aromatic N) is 2. The van der Waals surface area contributed by atoms with E-state index >= 15 is 0 Å². The second-order valence-corrected chi connectivity index (χ2v) is 11.8. The average Bonchev–Trinajstić information content (AvgIpc) is 3.50. The summed E-state index contributed by atoms with van der Waals surface area (Å²) in [6.45, 7) is 2.41. The van der Waals surface area contributed by atoms with Crippen molar-refractivity contribution in [3.8, 4) is 11.5 Å². The summed E-state index contributed by atoms with van der Waals surface area (Å²) in [4.78, 5) is 28.5. The van der Waals surface area contributed by atoms with Gasteiger partial charge < -0.3 is 29.1 Å². The minimum atomic E-state index is -0.780. The number of carbonyl (C=O) groups excluding carboxylic acids is 1. The molecule has 0 spiro atoms. The van der Waals surface area contributed by atoms with Crippen LogP contribution < -0.4 is 9.47 Å². The molecule has 2 aliphatic rings. The van der Waals surface area contributed by atoms with Crippen LogP contribution in [0.3, 0.4) is 0 Å². The number of carboxylic acid groups (broad SMARTS) is 1. The van der Waals surface area contributed by atoms with E-state index in [0.717, 1.165) is 54.1 Å². The molecule has 9 heteroatoms. The van der Waals surface area contributed by atoms with Gasteiger partial charge in [0.25, 0.3) is 0 Å². The first kappa shape index (κ1) is 30.8. The Bertz CT molecular complexity index is 1140. The SMILES string of the molecule is COc1ccc(CN2C(=O)N(Cc3ccc(OC)cc3)[C@H]3CS[C@@H](CCCCCOC/C=C\CCC(=O)O)[C@H]32)cc1. The van der Waals surface area contributed by atoms with Gasteiger partial charge in [0.05, 0.1) is 32.9 Å². The highest BCUT2D eigenvalue weighted by atomic mass is 32.2. The van der Waals surface area contributed by atoms with Crippen molar-refractivity contribution in [3.05, 3.63) is 71.8 Å². The van der Waals surface area contributed by atoms with E-state index in [1.54, 1.807) is 14.2 Å². The van der Waals surface area contributed by atoms with E-state index in [1.165, 1.54) is 0 Å². The highest BCUT2D eigenvalue weighted by molar-refractivity contribution is 8.00. The molecule has 0 radical (unpaired) electrons. The molecular formula is C32H42N2O6S. The van der Waals surface area contributed by atoms with Crippen molar-refractivity contribution in [2.24, 2.45) is 0 Å². The number of fused-ring (bicyclic) bond motifs is 1. The standard InChI is InChI=1S/C32H42N2O6S/c1-38-26-15-11-24(12-16-26)21-33-28-23-41-29(9-5-3-7-19-40-20-8-4-6-10-30(35)36)31(28)34(32(33)37)22-25-13-17-27(39-2)18-14-25/h4,8,11-18,28-29,31H,3,5-7,9-10,19-23H2,1-2H3,(H,35,36)/b8-4-/t28-,29-,31-/m0/s1. The lowest BCUT2D eigenvalue weighted by Gasteiger charge is -2.27. The van der Waals surface area contributed by atoms with Gasteiger partial charge in [-0.15, -0.1) is 0 Å². The van der Waals surface area contributed by atoms with Gasteiger partial charge in [-0.25, -0.2) is 4.79 Å². The molecule has 41 heavy (non-hydrogen) atoms. The summed E-state index contributed by atoms with van der Waals surface area (Å²) in [5.74, 6) is 1.80. The molecule has 2 heterocycles. The fraction of sp³-hybridized carbons (Fsp3) is 0.500. The van der Waals surface area contributed by atoms with Crippen LogP contribution in [0.25, 0.3) is 0 Å². The van der Waals surface area contributed by atoms with E-state index in [2.05, 4.69) is 9.80 Å². The molecule has 2 fully saturated rings. The summed E-state index contributed by atoms with van der Waals surface area (Å²) < 4.78 is 16.3. The molecule has 8 nitrogen and oxygen atoms in total. The topological polar surface area (TPSA) is 88.5 Å². The molecule has 0 aromatic heterocycles. The lowest BCUT2D eigenvalue weighted by molar-refractivity contribution is -0.136. The predicted molar refractivity (Wildman–Crippen MR) is 162 cm³/mol. The van der Waals surface area contributed by atoms with Crippen molar-refractivity contribution in [1.29, 1.82) is 0 Å². The van der Waals surface area contributed by atoms with E-state index in [-0.39, 0.29) is 24.5 Å². The molecule has 2 saturated heterocycles. The Kier molecular flexibility index (Phi) is 11.8. The minimum Gasteiger partial charge on any atom is -0.497 e. The van der Waals surface area contributed by atoms with Gasteiger partial charge in [0.2, 0.25) is 0 Å². The summed E-state index contributed by atoms with van der Waals surface area (Å²) in [6, 6.07) is 16.5. The van der Waals surface area contributed by atoms with Gasteiger partial charge in [-0.3, -0.25) is 4.79 Å². The Morgan fingerprint density at radius 2 is 1.56 bits per heavy atom. The quantitative estimate of drug-likeness (QED) is 0.139. The molecule has 2 aromatic rings. The Morgan fingerprint density at radius 3 is 2.17 bits per heavy atom. The number of rotatable bonds is 17. The van der Waals surface area contributed by atoms with Crippen LogP contribution in [0.1, 0.15) is 49.7 Å². The molecule has 222 valence electrons. The third kappa shape index (κ3) is 8.66. The Labute approximate surface area is 247 Å². The fourth-order valence-electron chi connectivity index (χ4n) is 5.52. The van der Waals surface area contributed by atoms with Crippen molar-refractivity contribution in [2.75, 3.05) is 33.2 Å². The van der Waals surface area contributed by atoms with Crippen LogP contribution in [0.5, 0.6) is 11.5 Å². The second-order valence-electron chi connectivity index (χ2n) is 10.5. The van der Waals surface area contributed by atoms with Crippen molar-refractivity contribution >= 4 is 23.8 Å². The maximum Gasteiger partial charge on any atom is 0.321 e. The number of hydrogen-bond acceptors (Lipinski definition) is 6. The van der Waals surface area contributed by atoms with Gasteiger partial charge in [0.15, 0.2) is 0 Å². The molecule has 0 aliphatic carbocycles. The second kappa shape index (κ2) is 15.7. The molecular weight excluding hydrogens is 540 g/mol. The third-order valence-electron chi connectivity index (χ3n) is 7.71. The molecule has 3 atom stereocenters. The van der Waals surface area contributed by atoms with Crippen LogP contribution in [0, 0.1) is 0 Å². The summed E-state index contributed by atoms with van der Waals surface area (Å²) in [7, 11) is 3.32. The van der Waals surface area contributed by atoms with E-state index in [4.69, 9.17) is 19.3 Å². The molecule has 2 aromatic carbocycles. The van der Waals surface area contributed by atoms with Crippen molar-refractivity contribution in [2.45, 2.75) is 68.9 Å². The number of carboxylic acids is 1. The lowest BCUT2D eigenvalue weighted by atomic mass is 10.0. The van der Waals surface area contributed by atoms with E-state index in [9.17, 15) is 9.59 Å². The first-order valence-electron chi connectivity index (χ1n) is 14.4. The Morgan fingerprint density at radius 1 is 0.927 bits per heavy atom. The average molecular weight is 583 g/mol. The summed E-state index contributed by atoms with van der Waals surface area (Å²) in [5, 5.41) is 9.07. The highest BCUT2D eigenvalue weighted by Crippen LogP contribution is 2.43. The van der Waals surface area contributed by atoms with Gasteiger partial charge in [-0.2, -0.15) is 11.8 Å². The van der Waals surface area contributed by atoms with E-state index in [1.807, 2.05) is 72.4 Å². The number of benzene rings is 2. The first-order valence-corrected chi connectivity index (χ1v) is 15.4. The fourth-order valence-corrected chi connectivity index (χ4v) is 7.20. The van der Waals surface area contributed by atoms with Gasteiger partial charge in [-0.05, 0) is 54.7 Å². The molecule has 0 saturated carbocycles. The lowest BCUT2D eigenvalue weighted by Crippen LogP contribution is -2.40. The van der Waals surface area contributed by atoms with Crippen LogP contribution in [-0.4, -0.2) is 77.4 Å². The zero-order chi connectivity index (χ0) is 29.0. The molecule has 2 amide bonds. The van der Waals surface area contributed by atoms with Crippen LogP contribution >= 0.6 is 11.8 Å². The monoisotopic (exact) mass is 582 g/mol. The minimum absolute atomic E-state index is 0.113.